The average molecular weight is 492 g/mol. The van der Waals surface area contributed by atoms with Gasteiger partial charge in [0, 0.05) is 11.6 Å². The molecule has 0 aliphatic rings. The number of halogens is 3. The second-order valence-corrected chi connectivity index (χ2v) is 7.02. The smallest absolute Gasteiger partial charge is 0.349 e. The van der Waals surface area contributed by atoms with Crippen molar-refractivity contribution in [3.8, 4) is 11.5 Å². The number of carbonyl (C=O) groups excluding carboxylic acids is 2. The molecule has 6 nitrogen and oxygen atoms in total. The van der Waals surface area contributed by atoms with Crippen LogP contribution in [0.3, 0.4) is 0 Å². The van der Waals surface area contributed by atoms with Crippen LogP contribution in [0.15, 0.2) is 40.9 Å². The fourth-order valence-corrected chi connectivity index (χ4v) is 3.41. The lowest BCUT2D eigenvalue weighted by molar-refractivity contribution is -0.136. The molecule has 0 aliphatic carbocycles. The first-order valence-electron chi connectivity index (χ1n) is 8.23. The van der Waals surface area contributed by atoms with E-state index in [0.717, 1.165) is 0 Å². The summed E-state index contributed by atoms with van der Waals surface area (Å²) in [6.45, 7) is 2.56. The third-order valence-corrected chi connectivity index (χ3v) is 4.37. The molecule has 0 heterocycles. The first-order chi connectivity index (χ1) is 13.4. The van der Waals surface area contributed by atoms with E-state index in [4.69, 9.17) is 42.1 Å². The standard InChI is InChI=1S/C19H17BrCl2O6/c1-2-25-7-8-26-19(24)12-3-5-14(6-4-12)28-17(23)11-27-18-15(20)9-13(21)10-16(18)22/h3-6,9-10H,2,7-8,11H2,1H3. The molecule has 0 aliphatic heterocycles. The van der Waals surface area contributed by atoms with Gasteiger partial charge in [0.15, 0.2) is 12.4 Å². The highest BCUT2D eigenvalue weighted by Crippen LogP contribution is 2.36. The highest BCUT2D eigenvalue weighted by atomic mass is 79.9. The van der Waals surface area contributed by atoms with Crippen molar-refractivity contribution in [2.24, 2.45) is 0 Å². The van der Waals surface area contributed by atoms with E-state index in [2.05, 4.69) is 15.9 Å². The number of esters is 2. The summed E-state index contributed by atoms with van der Waals surface area (Å²) >= 11 is 15.2. The Bertz CT molecular complexity index is 803. The van der Waals surface area contributed by atoms with Crippen LogP contribution in [0.25, 0.3) is 0 Å². The molecule has 0 N–H and O–H groups in total. The van der Waals surface area contributed by atoms with Gasteiger partial charge in [-0.25, -0.2) is 9.59 Å². The molecule has 2 rings (SSSR count). The molecule has 2 aromatic carbocycles. The normalized spacial score (nSPS) is 10.4. The zero-order chi connectivity index (χ0) is 20.5. The monoisotopic (exact) mass is 490 g/mol. The maximum absolute atomic E-state index is 12.0. The summed E-state index contributed by atoms with van der Waals surface area (Å²) in [7, 11) is 0. The third kappa shape index (κ3) is 6.98. The maximum Gasteiger partial charge on any atom is 0.349 e. The zero-order valence-electron chi connectivity index (χ0n) is 14.9. The second-order valence-electron chi connectivity index (χ2n) is 5.32. The van der Waals surface area contributed by atoms with Gasteiger partial charge in [0.1, 0.15) is 12.4 Å². The van der Waals surface area contributed by atoms with E-state index in [9.17, 15) is 9.59 Å². The predicted molar refractivity (Wildman–Crippen MR) is 109 cm³/mol. The minimum absolute atomic E-state index is 0.170. The maximum atomic E-state index is 12.0. The van der Waals surface area contributed by atoms with Crippen molar-refractivity contribution in [3.05, 3.63) is 56.5 Å². The molecule has 0 unspecified atom stereocenters. The van der Waals surface area contributed by atoms with Crippen LogP contribution in [0.5, 0.6) is 11.5 Å². The lowest BCUT2D eigenvalue weighted by Gasteiger charge is -2.10. The minimum atomic E-state index is -0.634. The highest BCUT2D eigenvalue weighted by molar-refractivity contribution is 9.10. The van der Waals surface area contributed by atoms with Crippen LogP contribution in [0, 0.1) is 0 Å². The van der Waals surface area contributed by atoms with Gasteiger partial charge in [0.05, 0.1) is 21.7 Å². The second kappa shape index (κ2) is 11.3. The number of benzene rings is 2. The van der Waals surface area contributed by atoms with E-state index in [1.807, 2.05) is 6.92 Å². The zero-order valence-corrected chi connectivity index (χ0v) is 18.0. The van der Waals surface area contributed by atoms with Gasteiger partial charge in [-0.3, -0.25) is 0 Å². The Labute approximate surface area is 180 Å². The Balaban J connectivity index is 1.85. The van der Waals surface area contributed by atoms with Gasteiger partial charge in [0.25, 0.3) is 0 Å². The molecule has 0 saturated heterocycles. The molecule has 28 heavy (non-hydrogen) atoms. The molecule has 9 heteroatoms. The van der Waals surface area contributed by atoms with Gasteiger partial charge in [-0.05, 0) is 59.3 Å². The number of hydrogen-bond acceptors (Lipinski definition) is 6. The van der Waals surface area contributed by atoms with Crippen molar-refractivity contribution < 1.29 is 28.5 Å². The van der Waals surface area contributed by atoms with Crippen LogP contribution < -0.4 is 9.47 Å². The first kappa shape index (κ1) is 22.5. The number of hydrogen-bond donors (Lipinski definition) is 0. The summed E-state index contributed by atoms with van der Waals surface area (Å²) in [5, 5.41) is 0.697. The Morgan fingerprint density at radius 3 is 2.43 bits per heavy atom. The van der Waals surface area contributed by atoms with E-state index in [1.165, 1.54) is 30.3 Å². The molecular weight excluding hydrogens is 475 g/mol. The molecule has 150 valence electrons. The SMILES string of the molecule is CCOCCOC(=O)c1ccc(OC(=O)COc2c(Cl)cc(Cl)cc2Br)cc1. The van der Waals surface area contributed by atoms with E-state index in [-0.39, 0.29) is 29.7 Å². The Hall–Kier alpha value is -1.80. The van der Waals surface area contributed by atoms with Crippen LogP contribution in [-0.4, -0.2) is 38.4 Å². The average Bonchev–Trinajstić information content (AvgIpc) is 2.64. The van der Waals surface area contributed by atoms with Crippen LogP contribution in [0.2, 0.25) is 10.0 Å². The Morgan fingerprint density at radius 1 is 1.07 bits per heavy atom. The van der Waals surface area contributed by atoms with Crippen LogP contribution >= 0.6 is 39.1 Å². The molecule has 0 aromatic heterocycles. The van der Waals surface area contributed by atoms with Crippen molar-refractivity contribution in [1.29, 1.82) is 0 Å². The molecule has 2 aromatic rings. The molecule has 0 atom stereocenters. The first-order valence-corrected chi connectivity index (χ1v) is 9.78. The number of ether oxygens (including phenoxy) is 4. The fraction of sp³-hybridized carbons (Fsp3) is 0.263. The Kier molecular flexibility index (Phi) is 9.05. The largest absolute Gasteiger partial charge is 0.479 e. The molecule has 0 spiro atoms. The molecular formula is C19H17BrCl2O6. The Morgan fingerprint density at radius 2 is 1.79 bits per heavy atom. The van der Waals surface area contributed by atoms with Gasteiger partial charge in [-0.15, -0.1) is 0 Å². The lowest BCUT2D eigenvalue weighted by atomic mass is 10.2. The van der Waals surface area contributed by atoms with Gasteiger partial charge in [0.2, 0.25) is 0 Å². The van der Waals surface area contributed by atoms with Crippen LogP contribution in [-0.2, 0) is 14.3 Å². The quantitative estimate of drug-likeness (QED) is 0.281. The molecule has 0 bridgehead atoms. The van der Waals surface area contributed by atoms with Crippen molar-refractivity contribution in [2.45, 2.75) is 6.92 Å². The minimum Gasteiger partial charge on any atom is -0.479 e. The summed E-state index contributed by atoms with van der Waals surface area (Å²) < 4.78 is 21.2. The van der Waals surface area contributed by atoms with Gasteiger partial charge < -0.3 is 18.9 Å². The third-order valence-electron chi connectivity index (χ3n) is 3.28. The highest BCUT2D eigenvalue weighted by Gasteiger charge is 2.13. The topological polar surface area (TPSA) is 71.1 Å². The van der Waals surface area contributed by atoms with Crippen LogP contribution in [0.1, 0.15) is 17.3 Å². The van der Waals surface area contributed by atoms with Crippen molar-refractivity contribution in [3.63, 3.8) is 0 Å². The molecule has 0 saturated carbocycles. The van der Waals surface area contributed by atoms with E-state index in [0.29, 0.717) is 28.3 Å². The summed E-state index contributed by atoms with van der Waals surface area (Å²) in [5.74, 6) is -0.568. The number of rotatable bonds is 9. The van der Waals surface area contributed by atoms with E-state index >= 15 is 0 Å². The van der Waals surface area contributed by atoms with Gasteiger partial charge in [-0.1, -0.05) is 23.2 Å². The lowest BCUT2D eigenvalue weighted by Crippen LogP contribution is -2.18. The van der Waals surface area contributed by atoms with Gasteiger partial charge in [-0.2, -0.15) is 0 Å². The van der Waals surface area contributed by atoms with E-state index < -0.39 is 11.9 Å². The number of carbonyl (C=O) groups is 2. The summed E-state index contributed by atoms with van der Waals surface area (Å²) in [6.07, 6.45) is 0. The van der Waals surface area contributed by atoms with Gasteiger partial charge >= 0.3 is 11.9 Å². The fourth-order valence-electron chi connectivity index (χ4n) is 2.04. The van der Waals surface area contributed by atoms with Crippen molar-refractivity contribution in [2.75, 3.05) is 26.4 Å². The van der Waals surface area contributed by atoms with E-state index in [1.54, 1.807) is 6.07 Å². The summed E-state index contributed by atoms with van der Waals surface area (Å²) in [5.41, 5.74) is 0.337. The predicted octanol–water partition coefficient (Wildman–Crippen LogP) is 4.93. The summed E-state index contributed by atoms with van der Waals surface area (Å²) in [6, 6.07) is 9.07. The van der Waals surface area contributed by atoms with Crippen molar-refractivity contribution >= 4 is 51.1 Å². The van der Waals surface area contributed by atoms with Crippen molar-refractivity contribution in [1.82, 2.24) is 0 Å². The molecule has 0 radical (unpaired) electrons. The van der Waals surface area contributed by atoms with Crippen LogP contribution in [0.4, 0.5) is 0 Å². The summed E-state index contributed by atoms with van der Waals surface area (Å²) in [4.78, 5) is 23.8. The molecule has 0 fully saturated rings. The molecule has 0 amide bonds.